The van der Waals surface area contributed by atoms with Crippen molar-refractivity contribution in [3.05, 3.63) is 53.7 Å². The number of nitrogens with zero attached hydrogens (tertiary/aromatic N) is 2. The molecule has 0 unspecified atom stereocenters. The summed E-state index contributed by atoms with van der Waals surface area (Å²) in [6, 6.07) is 11.6. The van der Waals surface area contributed by atoms with Crippen molar-refractivity contribution in [1.29, 1.82) is 0 Å². The first-order chi connectivity index (χ1) is 7.97. The van der Waals surface area contributed by atoms with Crippen LogP contribution in [0.2, 0.25) is 0 Å². The summed E-state index contributed by atoms with van der Waals surface area (Å²) in [6.07, 6.45) is 3.54. The van der Waals surface area contributed by atoms with Crippen LogP contribution in [0.15, 0.2) is 48.8 Å². The maximum Gasteiger partial charge on any atom is 0.0886 e. The van der Waals surface area contributed by atoms with Crippen molar-refractivity contribution in [2.45, 2.75) is 0 Å². The van der Waals surface area contributed by atoms with Crippen molar-refractivity contribution in [3.63, 3.8) is 0 Å². The molecule has 2 rings (SSSR count). The van der Waals surface area contributed by atoms with Crippen LogP contribution in [-0.2, 0) is 14.8 Å². The van der Waals surface area contributed by atoms with Gasteiger partial charge in [0.25, 0.3) is 0 Å². The maximum absolute atomic E-state index is 4.19. The summed E-state index contributed by atoms with van der Waals surface area (Å²) in [6.45, 7) is 0. The number of halogens is 2. The number of hydrogen-bond donors (Lipinski definition) is 0. The standard InChI is InChI=1S/C10H8N2.CH2I.HI.Zn/c1-3-7-11-9(5-1)10-6-2-4-8-12-10;1-2;;/h1-8H;1H2;1H;/q;-1;;+2/p-1. The molecule has 2 aromatic heterocycles. The Balaban J connectivity index is 0.000000509. The van der Waals surface area contributed by atoms with Gasteiger partial charge in [-0.25, -0.2) is 0 Å². The van der Waals surface area contributed by atoms with Crippen molar-refractivity contribution in [2.75, 3.05) is 0 Å². The molecule has 0 saturated heterocycles. The van der Waals surface area contributed by atoms with E-state index in [4.69, 9.17) is 0 Å². The van der Waals surface area contributed by atoms with Gasteiger partial charge in [-0.3, -0.25) is 14.9 Å². The van der Waals surface area contributed by atoms with Gasteiger partial charge in [0.05, 0.1) is 11.4 Å². The summed E-state index contributed by atoms with van der Waals surface area (Å²) < 4.78 is 0. The van der Waals surface area contributed by atoms with Gasteiger partial charge in [0.15, 0.2) is 0 Å². The molecule has 2 heterocycles. The molecule has 0 aromatic carbocycles. The molecular formula is C11H10I2N2Zn. The molecule has 5 heteroatoms. The minimum absolute atomic E-state index is 0.915. The number of rotatable bonds is 1. The molecular weight excluding hydrogens is 479 g/mol. The second-order valence-corrected chi connectivity index (χ2v) is 2.43. The summed E-state index contributed by atoms with van der Waals surface area (Å²) in [5.41, 5.74) is 1.83. The fraction of sp³-hybridized carbons (Fsp3) is 0. The van der Waals surface area contributed by atoms with Crippen LogP contribution in [0.5, 0.6) is 0 Å². The largest absolute Gasteiger partial charge is 0.255 e. The molecule has 0 aliphatic heterocycles. The Morgan fingerprint density at radius 2 is 1.19 bits per heavy atom. The maximum atomic E-state index is 4.19. The molecule has 2 nitrogen and oxygen atoms in total. The van der Waals surface area contributed by atoms with Crippen LogP contribution in [0, 0.1) is 4.93 Å². The van der Waals surface area contributed by atoms with E-state index in [1.807, 2.05) is 59.0 Å². The summed E-state index contributed by atoms with van der Waals surface area (Å²) >= 11 is 5.52. The first-order valence-electron chi connectivity index (χ1n) is 4.33. The summed E-state index contributed by atoms with van der Waals surface area (Å²) in [5.74, 6) is 0. The Labute approximate surface area is 131 Å². The van der Waals surface area contributed by atoms with E-state index in [0.717, 1.165) is 11.4 Å². The molecule has 0 spiro atoms. The molecule has 0 aliphatic rings. The van der Waals surface area contributed by atoms with E-state index in [1.165, 1.54) is 14.8 Å². The number of hydrogen-bond acceptors (Lipinski definition) is 2. The van der Waals surface area contributed by atoms with E-state index < -0.39 is 0 Å². The van der Waals surface area contributed by atoms with E-state index in [0.29, 0.717) is 0 Å². The Kier molecular flexibility index (Phi) is 12.1. The van der Waals surface area contributed by atoms with E-state index in [1.54, 1.807) is 12.4 Å². The minimum atomic E-state index is 0.915. The molecule has 0 fully saturated rings. The molecule has 0 N–H and O–H groups in total. The normalized spacial score (nSPS) is 8.06. The van der Waals surface area contributed by atoms with Gasteiger partial charge in [-0.2, -0.15) is 0 Å². The molecule has 2 aromatic rings. The van der Waals surface area contributed by atoms with Crippen molar-refractivity contribution >= 4 is 42.3 Å². The van der Waals surface area contributed by atoms with Crippen molar-refractivity contribution in [3.8, 4) is 11.4 Å². The molecule has 0 amide bonds. The van der Waals surface area contributed by atoms with Crippen LogP contribution in [0.25, 0.3) is 11.4 Å². The second kappa shape index (κ2) is 11.9. The predicted octanol–water partition coefficient (Wildman–Crippen LogP) is 4.24. The topological polar surface area (TPSA) is 25.8 Å². The van der Waals surface area contributed by atoms with Gasteiger partial charge in [0.2, 0.25) is 0 Å². The van der Waals surface area contributed by atoms with Crippen LogP contribution < -0.4 is 0 Å². The van der Waals surface area contributed by atoms with Gasteiger partial charge < -0.3 is 22.6 Å². The fourth-order valence-electron chi connectivity index (χ4n) is 1.03. The smallest absolute Gasteiger partial charge is 0.0886 e. The van der Waals surface area contributed by atoms with E-state index >= 15 is 0 Å². The molecule has 0 bridgehead atoms. The Bertz CT molecular complexity index is 319. The zero-order valence-electron chi connectivity index (χ0n) is 8.68. The molecule has 0 radical (unpaired) electrons. The fourth-order valence-corrected chi connectivity index (χ4v) is 1.03. The SMILES string of the molecule is [CH2-]I.[Zn+][I].c1ccc(-c2ccccn2)nc1. The van der Waals surface area contributed by atoms with Crippen molar-refractivity contribution in [2.24, 2.45) is 0 Å². The summed E-state index contributed by atoms with van der Waals surface area (Å²) in [4.78, 5) is 11.6. The summed E-state index contributed by atoms with van der Waals surface area (Å²) in [7, 11) is 0. The Hall–Kier alpha value is 0.383. The zero-order valence-corrected chi connectivity index (χ0v) is 16.0. The molecule has 16 heavy (non-hydrogen) atoms. The van der Waals surface area contributed by atoms with Crippen LogP contribution in [0.4, 0.5) is 0 Å². The van der Waals surface area contributed by atoms with Crippen LogP contribution in [-0.4, -0.2) is 9.97 Å². The van der Waals surface area contributed by atoms with Gasteiger partial charge in [0, 0.05) is 12.4 Å². The van der Waals surface area contributed by atoms with Gasteiger partial charge in [0.1, 0.15) is 0 Å². The van der Waals surface area contributed by atoms with Crippen LogP contribution in [0.3, 0.4) is 0 Å². The van der Waals surface area contributed by atoms with Crippen molar-refractivity contribution in [1.82, 2.24) is 9.97 Å². The second-order valence-electron chi connectivity index (χ2n) is 2.43. The van der Waals surface area contributed by atoms with Crippen molar-refractivity contribution < 1.29 is 14.8 Å². The third-order valence-electron chi connectivity index (χ3n) is 1.59. The monoisotopic (exact) mass is 488 g/mol. The van der Waals surface area contributed by atoms with Crippen LogP contribution >= 0.6 is 42.3 Å². The first kappa shape index (κ1) is 16.4. The number of aromatic nitrogens is 2. The average molecular weight is 489 g/mol. The zero-order chi connectivity index (χ0) is 12.2. The molecule has 0 atom stereocenters. The van der Waals surface area contributed by atoms with Gasteiger partial charge in [-0.15, -0.1) is 0 Å². The molecule has 80 valence electrons. The van der Waals surface area contributed by atoms with E-state index in [2.05, 4.69) is 34.6 Å². The van der Waals surface area contributed by atoms with Crippen LogP contribution in [0.1, 0.15) is 0 Å². The molecule has 0 aliphatic carbocycles. The third-order valence-corrected chi connectivity index (χ3v) is 1.59. The van der Waals surface area contributed by atoms with Gasteiger partial charge in [-0.05, 0) is 24.3 Å². The van der Waals surface area contributed by atoms with Gasteiger partial charge in [-0.1, -0.05) is 12.1 Å². The third kappa shape index (κ3) is 6.20. The van der Waals surface area contributed by atoms with E-state index in [-0.39, 0.29) is 0 Å². The van der Waals surface area contributed by atoms with E-state index in [9.17, 15) is 0 Å². The quantitative estimate of drug-likeness (QED) is 0.340. The predicted molar refractivity (Wildman–Crippen MR) is 80.9 cm³/mol. The summed E-state index contributed by atoms with van der Waals surface area (Å²) in [5, 5.41) is 0. The average Bonchev–Trinajstić information content (AvgIpc) is 2.45. The van der Waals surface area contributed by atoms with Gasteiger partial charge >= 0.3 is 34.5 Å². The Morgan fingerprint density at radius 3 is 1.44 bits per heavy atom. The number of pyridine rings is 2. The first-order valence-corrected chi connectivity index (χ1v) is 14.9. The minimum Gasteiger partial charge on any atom is -0.255 e. The molecule has 0 saturated carbocycles. The Morgan fingerprint density at radius 1 is 0.812 bits per heavy atom.